The smallest absolute Gasteiger partial charge is 0.419 e. The van der Waals surface area contributed by atoms with Gasteiger partial charge < -0.3 is 20.4 Å². The van der Waals surface area contributed by atoms with E-state index in [9.17, 15) is 27.6 Å². The van der Waals surface area contributed by atoms with Crippen molar-refractivity contribution in [3.63, 3.8) is 0 Å². The van der Waals surface area contributed by atoms with Crippen LogP contribution in [0.4, 0.5) is 18.9 Å². The molecule has 34 heavy (non-hydrogen) atoms. The summed E-state index contributed by atoms with van der Waals surface area (Å²) in [6.07, 6.45) is -2.19. The number of alkyl halides is 3. The summed E-state index contributed by atoms with van der Waals surface area (Å²) in [6, 6.07) is 9.28. The van der Waals surface area contributed by atoms with E-state index in [4.69, 9.17) is 4.74 Å². The molecule has 1 amide bonds. The third-order valence-corrected chi connectivity index (χ3v) is 6.80. The highest BCUT2D eigenvalue weighted by atomic mass is 32.1. The number of thiazole rings is 1. The number of carbonyl (C=O) groups excluding carboxylic acids is 2. The lowest BCUT2D eigenvalue weighted by Gasteiger charge is -2.16. The van der Waals surface area contributed by atoms with Crippen molar-refractivity contribution in [1.29, 1.82) is 0 Å². The normalized spacial score (nSPS) is 19.7. The molecule has 178 valence electrons. The zero-order valence-electron chi connectivity index (χ0n) is 17.7. The van der Waals surface area contributed by atoms with Gasteiger partial charge in [-0.3, -0.25) is 9.59 Å². The van der Waals surface area contributed by atoms with Gasteiger partial charge in [0.25, 0.3) is 5.91 Å². The van der Waals surface area contributed by atoms with Crippen molar-refractivity contribution in [1.82, 2.24) is 10.3 Å². The topological polar surface area (TPSA) is 100 Å². The second-order valence-electron chi connectivity index (χ2n) is 8.59. The third kappa shape index (κ3) is 4.85. The van der Waals surface area contributed by atoms with Gasteiger partial charge in [-0.25, -0.2) is 4.79 Å². The minimum Gasteiger partial charge on any atom is -0.419 e. The highest BCUT2D eigenvalue weighted by molar-refractivity contribution is 7.16. The highest BCUT2D eigenvalue weighted by Crippen LogP contribution is 2.47. The summed E-state index contributed by atoms with van der Waals surface area (Å²) < 4.78 is 44.4. The van der Waals surface area contributed by atoms with Gasteiger partial charge in [-0.05, 0) is 56.0 Å². The zero-order valence-corrected chi connectivity index (χ0v) is 18.5. The van der Waals surface area contributed by atoms with Crippen molar-refractivity contribution >= 4 is 39.1 Å². The average molecular weight is 491 g/mol. The molecule has 2 saturated carbocycles. The fraction of sp³-hybridized carbons (Fsp3) is 0.348. The lowest BCUT2D eigenvalue weighted by Crippen LogP contribution is -2.29. The number of hydrogen-bond donors (Lipinski definition) is 3. The molecule has 2 atom stereocenters. The lowest BCUT2D eigenvalue weighted by atomic mass is 10.0. The van der Waals surface area contributed by atoms with Crippen LogP contribution in [0.5, 0.6) is 5.75 Å². The van der Waals surface area contributed by atoms with Gasteiger partial charge in [-0.2, -0.15) is 13.2 Å². The van der Waals surface area contributed by atoms with Crippen molar-refractivity contribution in [2.24, 2.45) is 5.92 Å². The minimum absolute atomic E-state index is 0.0565. The maximum absolute atomic E-state index is 13.0. The predicted molar refractivity (Wildman–Crippen MR) is 120 cm³/mol. The number of anilines is 1. The molecule has 2 fully saturated rings. The van der Waals surface area contributed by atoms with Gasteiger partial charge in [0.1, 0.15) is 5.75 Å². The van der Waals surface area contributed by atoms with Crippen LogP contribution in [0, 0.1) is 5.92 Å². The summed E-state index contributed by atoms with van der Waals surface area (Å²) in [5.41, 5.74) is 1.16. The fourth-order valence-corrected chi connectivity index (χ4v) is 4.69. The number of amides is 1. The Bertz CT molecular complexity index is 1330. The van der Waals surface area contributed by atoms with E-state index in [0.717, 1.165) is 17.9 Å². The van der Waals surface area contributed by atoms with E-state index in [2.05, 4.69) is 15.6 Å². The summed E-state index contributed by atoms with van der Waals surface area (Å²) in [4.78, 5) is 38.7. The Morgan fingerprint density at radius 2 is 1.97 bits per heavy atom. The van der Waals surface area contributed by atoms with Crippen LogP contribution in [-0.2, 0) is 4.79 Å². The number of aromatic nitrogens is 1. The number of hydrogen-bond acceptors (Lipinski definition) is 6. The standard InChI is InChI=1S/C23H20F3N3O4S/c24-23(25,26)21(31)33-19-13(15-9-17(15)27-10-11-4-5-11)2-1-3-14(19)20(30)28-12-6-7-16-18(8-12)34-22(32)29-16/h1-3,6-8,11,15,17,27H,4-5,9-10H2,(H,28,30)(H,29,32). The van der Waals surface area contributed by atoms with E-state index in [1.807, 2.05) is 0 Å². The fourth-order valence-electron chi connectivity index (χ4n) is 3.92. The van der Waals surface area contributed by atoms with Crippen LogP contribution in [0.15, 0.2) is 41.2 Å². The molecule has 5 rings (SSSR count). The number of nitrogens with one attached hydrogen (secondary N) is 3. The SMILES string of the molecule is O=C(Nc1ccc2[nH]c(=O)sc2c1)c1cccc(C2CC2NCC2CC2)c1OC(=O)C(F)(F)F. The first-order valence-corrected chi connectivity index (χ1v) is 11.6. The number of ether oxygens (including phenoxy) is 1. The van der Waals surface area contributed by atoms with E-state index >= 15 is 0 Å². The Kier molecular flexibility index (Phi) is 5.68. The van der Waals surface area contributed by atoms with Gasteiger partial charge in [0, 0.05) is 23.2 Å². The zero-order chi connectivity index (χ0) is 24.0. The number of esters is 1. The van der Waals surface area contributed by atoms with Crippen LogP contribution in [0.3, 0.4) is 0 Å². The lowest BCUT2D eigenvalue weighted by molar-refractivity contribution is -0.189. The van der Waals surface area contributed by atoms with Gasteiger partial charge in [0.15, 0.2) is 0 Å². The molecule has 2 unspecified atom stereocenters. The molecule has 2 aliphatic carbocycles. The minimum atomic E-state index is -5.20. The Morgan fingerprint density at radius 3 is 2.71 bits per heavy atom. The number of aromatic amines is 1. The van der Waals surface area contributed by atoms with Crippen LogP contribution in [0.1, 0.15) is 41.1 Å². The maximum atomic E-state index is 13.0. The monoisotopic (exact) mass is 491 g/mol. The first-order valence-electron chi connectivity index (χ1n) is 10.8. The summed E-state index contributed by atoms with van der Waals surface area (Å²) in [5, 5.41) is 6.02. The van der Waals surface area contributed by atoms with Gasteiger partial charge >= 0.3 is 17.0 Å². The molecular weight excluding hydrogens is 471 g/mol. The molecule has 0 bridgehead atoms. The van der Waals surface area contributed by atoms with E-state index in [1.54, 1.807) is 30.3 Å². The number of carbonyl (C=O) groups is 2. The largest absolute Gasteiger partial charge is 0.491 e. The Labute approximate surface area is 195 Å². The average Bonchev–Trinajstić information content (AvgIpc) is 3.69. The van der Waals surface area contributed by atoms with Crippen molar-refractivity contribution in [2.75, 3.05) is 11.9 Å². The van der Waals surface area contributed by atoms with Crippen molar-refractivity contribution < 1.29 is 27.5 Å². The second-order valence-corrected chi connectivity index (χ2v) is 9.61. The summed E-state index contributed by atoms with van der Waals surface area (Å²) >= 11 is 0.966. The number of H-pyrrole nitrogens is 1. The number of para-hydroxylation sites is 1. The molecular formula is C23H20F3N3O4S. The van der Waals surface area contributed by atoms with E-state index in [0.29, 0.717) is 33.8 Å². The molecule has 1 heterocycles. The second kappa shape index (κ2) is 8.55. The number of benzene rings is 2. The highest BCUT2D eigenvalue weighted by Gasteiger charge is 2.45. The van der Waals surface area contributed by atoms with Gasteiger partial charge in [0.05, 0.1) is 15.8 Å². The van der Waals surface area contributed by atoms with Crippen LogP contribution in [-0.4, -0.2) is 35.6 Å². The molecule has 11 heteroatoms. The van der Waals surface area contributed by atoms with E-state index in [-0.39, 0.29) is 28.1 Å². The van der Waals surface area contributed by atoms with Gasteiger partial charge in [-0.1, -0.05) is 23.5 Å². The van der Waals surface area contributed by atoms with Crippen molar-refractivity contribution in [3.05, 3.63) is 57.2 Å². The molecule has 0 spiro atoms. The van der Waals surface area contributed by atoms with Crippen molar-refractivity contribution in [2.45, 2.75) is 37.4 Å². The maximum Gasteiger partial charge on any atom is 0.491 e. The summed E-state index contributed by atoms with van der Waals surface area (Å²) in [6.45, 7) is 0.840. The molecule has 3 aromatic rings. The molecule has 2 aromatic carbocycles. The van der Waals surface area contributed by atoms with Gasteiger partial charge in [0.2, 0.25) is 0 Å². The third-order valence-electron chi connectivity index (χ3n) is 5.95. The molecule has 0 radical (unpaired) electrons. The Morgan fingerprint density at radius 1 is 1.18 bits per heavy atom. The first-order chi connectivity index (χ1) is 16.2. The van der Waals surface area contributed by atoms with Crippen LogP contribution >= 0.6 is 11.3 Å². The molecule has 2 aliphatic rings. The van der Waals surface area contributed by atoms with E-state index < -0.39 is 18.1 Å². The van der Waals surface area contributed by atoms with Crippen LogP contribution < -0.4 is 20.2 Å². The molecule has 0 saturated heterocycles. The predicted octanol–water partition coefficient (Wildman–Crippen LogP) is 4.17. The summed E-state index contributed by atoms with van der Waals surface area (Å²) in [7, 11) is 0. The van der Waals surface area contributed by atoms with Crippen LogP contribution in [0.25, 0.3) is 10.2 Å². The van der Waals surface area contributed by atoms with Gasteiger partial charge in [-0.15, -0.1) is 0 Å². The summed E-state index contributed by atoms with van der Waals surface area (Å²) in [5.74, 6) is -3.00. The number of fused-ring (bicyclic) bond motifs is 1. The molecule has 0 aliphatic heterocycles. The quantitative estimate of drug-likeness (QED) is 0.340. The Hall–Kier alpha value is -3.18. The Balaban J connectivity index is 1.42. The number of halogens is 3. The molecule has 7 nitrogen and oxygen atoms in total. The van der Waals surface area contributed by atoms with Crippen LogP contribution in [0.2, 0.25) is 0 Å². The van der Waals surface area contributed by atoms with E-state index in [1.165, 1.54) is 18.9 Å². The van der Waals surface area contributed by atoms with Crippen molar-refractivity contribution in [3.8, 4) is 5.75 Å². The molecule has 1 aromatic heterocycles. The molecule has 3 N–H and O–H groups in total. The number of rotatable bonds is 7. The first kappa shape index (κ1) is 22.6.